The van der Waals surface area contributed by atoms with E-state index < -0.39 is 0 Å². The van der Waals surface area contributed by atoms with Crippen molar-refractivity contribution in [2.75, 3.05) is 0 Å². The molecule has 0 saturated carbocycles. The van der Waals surface area contributed by atoms with Crippen molar-refractivity contribution in [3.05, 3.63) is 139 Å². The van der Waals surface area contributed by atoms with Gasteiger partial charge >= 0.3 is 6.01 Å². The van der Waals surface area contributed by atoms with E-state index in [4.69, 9.17) is 9.72 Å². The molecule has 4 heterocycles. The first-order valence-electron chi connectivity index (χ1n) is 14.6. The van der Waals surface area contributed by atoms with E-state index in [1.165, 1.54) is 43.6 Å². The number of nitrogens with zero attached hydrogens (tertiary/aromatic N) is 4. The Morgan fingerprint density at radius 2 is 1.00 bits per heavy atom. The van der Waals surface area contributed by atoms with Crippen LogP contribution in [-0.4, -0.2) is 18.7 Å². The van der Waals surface area contributed by atoms with Crippen LogP contribution >= 0.6 is 0 Å². The molecule has 3 aromatic heterocycles. The average molecular weight is 553 g/mol. The molecular weight excluding hydrogens is 528 g/mol. The van der Waals surface area contributed by atoms with Gasteiger partial charge in [0.25, 0.3) is 0 Å². The molecule has 0 aliphatic carbocycles. The molecule has 0 fully saturated rings. The third kappa shape index (κ3) is 3.08. The molecular formula is C38H24N4O. The van der Waals surface area contributed by atoms with Gasteiger partial charge in [-0.2, -0.15) is 4.98 Å². The van der Waals surface area contributed by atoms with Gasteiger partial charge in [-0.1, -0.05) is 72.8 Å². The van der Waals surface area contributed by atoms with Gasteiger partial charge in [-0.15, -0.1) is 0 Å². The van der Waals surface area contributed by atoms with Crippen LogP contribution in [0, 0.1) is 0 Å². The van der Waals surface area contributed by atoms with Gasteiger partial charge in [-0.05, 0) is 60.7 Å². The smallest absolute Gasteiger partial charge is 0.302 e. The number of para-hydroxylation sites is 5. The standard InChI is InChI=1S/C38H24N4O/c1-5-13-32-27(9-1)28-10-2-6-14-33(28)40(32)25-19-20-35-30(21-25)29-11-3-7-15-34(29)41(35)26-18-17-24-23-43-38-39-31-12-4-8-16-36(31)42(38)37(24)22-26/h1-22H,23H2. The molecule has 0 N–H and O–H groups in total. The van der Waals surface area contributed by atoms with Crippen LogP contribution in [-0.2, 0) is 6.61 Å². The predicted octanol–water partition coefficient (Wildman–Crippen LogP) is 9.11. The highest BCUT2D eigenvalue weighted by Gasteiger charge is 2.23. The second-order valence-electron chi connectivity index (χ2n) is 11.2. The molecule has 0 radical (unpaired) electrons. The van der Waals surface area contributed by atoms with E-state index >= 15 is 0 Å². The maximum absolute atomic E-state index is 6.06. The average Bonchev–Trinajstić information content (AvgIpc) is 3.72. The molecule has 0 atom stereocenters. The first kappa shape index (κ1) is 22.8. The van der Waals surface area contributed by atoms with E-state index in [2.05, 4.69) is 135 Å². The third-order valence-electron chi connectivity index (χ3n) is 8.95. The largest absolute Gasteiger partial charge is 0.459 e. The first-order chi connectivity index (χ1) is 21.3. The Morgan fingerprint density at radius 3 is 1.70 bits per heavy atom. The molecule has 9 aromatic rings. The molecule has 0 spiro atoms. The second-order valence-corrected chi connectivity index (χ2v) is 11.2. The summed E-state index contributed by atoms with van der Waals surface area (Å²) in [6.45, 7) is 0.508. The van der Waals surface area contributed by atoms with Crippen molar-refractivity contribution in [1.82, 2.24) is 18.7 Å². The molecule has 5 heteroatoms. The molecule has 0 unspecified atom stereocenters. The normalized spacial score (nSPS) is 12.7. The van der Waals surface area contributed by atoms with Crippen LogP contribution in [0.1, 0.15) is 5.56 Å². The number of hydrogen-bond donors (Lipinski definition) is 0. The number of ether oxygens (including phenoxy) is 1. The zero-order valence-corrected chi connectivity index (χ0v) is 23.1. The van der Waals surface area contributed by atoms with E-state index in [9.17, 15) is 0 Å². The summed E-state index contributed by atoms with van der Waals surface area (Å²) in [5, 5.41) is 5.00. The molecule has 0 saturated heterocycles. The van der Waals surface area contributed by atoms with Crippen molar-refractivity contribution in [3.63, 3.8) is 0 Å². The maximum atomic E-state index is 6.06. The first-order valence-corrected chi connectivity index (χ1v) is 14.6. The zero-order valence-electron chi connectivity index (χ0n) is 23.1. The summed E-state index contributed by atoms with van der Waals surface area (Å²) < 4.78 is 13.0. The number of benzene rings is 6. The summed E-state index contributed by atoms with van der Waals surface area (Å²) in [5.74, 6) is 0. The Morgan fingerprint density at radius 1 is 0.465 bits per heavy atom. The number of hydrogen-bond acceptors (Lipinski definition) is 2. The van der Waals surface area contributed by atoms with Crippen molar-refractivity contribution in [2.24, 2.45) is 0 Å². The molecule has 1 aliphatic heterocycles. The third-order valence-corrected chi connectivity index (χ3v) is 8.95. The van der Waals surface area contributed by atoms with Gasteiger partial charge in [0.15, 0.2) is 0 Å². The molecule has 202 valence electrons. The van der Waals surface area contributed by atoms with Crippen molar-refractivity contribution >= 4 is 54.6 Å². The lowest BCUT2D eigenvalue weighted by atomic mass is 10.1. The van der Waals surface area contributed by atoms with E-state index in [1.54, 1.807) is 0 Å². The Bertz CT molecular complexity index is 2530. The Balaban J connectivity index is 1.23. The predicted molar refractivity (Wildman–Crippen MR) is 174 cm³/mol. The van der Waals surface area contributed by atoms with E-state index in [0.717, 1.165) is 33.7 Å². The highest BCUT2D eigenvalue weighted by molar-refractivity contribution is 6.12. The van der Waals surface area contributed by atoms with E-state index in [0.29, 0.717) is 12.6 Å². The zero-order chi connectivity index (χ0) is 28.1. The second kappa shape index (κ2) is 8.37. The molecule has 10 rings (SSSR count). The number of imidazole rings is 1. The lowest BCUT2D eigenvalue weighted by molar-refractivity contribution is 0.265. The van der Waals surface area contributed by atoms with E-state index in [-0.39, 0.29) is 0 Å². The van der Waals surface area contributed by atoms with E-state index in [1.807, 2.05) is 12.1 Å². The van der Waals surface area contributed by atoms with Crippen LogP contribution in [0.5, 0.6) is 6.01 Å². The fraction of sp³-hybridized carbons (Fsp3) is 0.0263. The lowest BCUT2D eigenvalue weighted by Gasteiger charge is -2.21. The summed E-state index contributed by atoms with van der Waals surface area (Å²) in [7, 11) is 0. The Labute approximate surface area is 246 Å². The van der Waals surface area contributed by atoms with Crippen LogP contribution < -0.4 is 4.74 Å². The summed E-state index contributed by atoms with van der Waals surface area (Å²) in [6, 6.07) is 48.5. The summed E-state index contributed by atoms with van der Waals surface area (Å²) >= 11 is 0. The minimum absolute atomic E-state index is 0.508. The van der Waals surface area contributed by atoms with Crippen molar-refractivity contribution in [3.8, 4) is 23.1 Å². The minimum atomic E-state index is 0.508. The van der Waals surface area contributed by atoms with Crippen LogP contribution in [0.3, 0.4) is 0 Å². The summed E-state index contributed by atoms with van der Waals surface area (Å²) in [5.41, 5.74) is 11.3. The highest BCUT2D eigenvalue weighted by atomic mass is 16.5. The molecule has 0 bridgehead atoms. The van der Waals surface area contributed by atoms with Crippen LogP contribution in [0.25, 0.3) is 71.7 Å². The fourth-order valence-corrected chi connectivity index (χ4v) is 7.08. The fourth-order valence-electron chi connectivity index (χ4n) is 7.08. The Kier molecular flexibility index (Phi) is 4.44. The van der Waals surface area contributed by atoms with Gasteiger partial charge in [0.2, 0.25) is 0 Å². The number of aromatic nitrogens is 4. The number of fused-ring (bicyclic) bond motifs is 11. The van der Waals surface area contributed by atoms with Gasteiger partial charge in [-0.3, -0.25) is 4.57 Å². The summed E-state index contributed by atoms with van der Waals surface area (Å²) in [6.07, 6.45) is 0. The van der Waals surface area contributed by atoms with Gasteiger partial charge in [0, 0.05) is 38.5 Å². The molecule has 6 aromatic carbocycles. The highest BCUT2D eigenvalue weighted by Crippen LogP contribution is 2.39. The quantitative estimate of drug-likeness (QED) is 0.214. The van der Waals surface area contributed by atoms with Gasteiger partial charge in [0.1, 0.15) is 6.61 Å². The van der Waals surface area contributed by atoms with Crippen molar-refractivity contribution < 1.29 is 4.74 Å². The maximum Gasteiger partial charge on any atom is 0.302 e. The molecule has 5 nitrogen and oxygen atoms in total. The Hall–Kier alpha value is -5.81. The number of rotatable bonds is 2. The van der Waals surface area contributed by atoms with Crippen LogP contribution in [0.15, 0.2) is 133 Å². The van der Waals surface area contributed by atoms with Crippen LogP contribution in [0.4, 0.5) is 0 Å². The molecule has 1 aliphatic rings. The topological polar surface area (TPSA) is 36.9 Å². The van der Waals surface area contributed by atoms with Crippen molar-refractivity contribution in [1.29, 1.82) is 0 Å². The van der Waals surface area contributed by atoms with Crippen molar-refractivity contribution in [2.45, 2.75) is 6.61 Å². The summed E-state index contributed by atoms with van der Waals surface area (Å²) in [4.78, 5) is 4.75. The SMILES string of the molecule is c1ccc2c(c1)nc1n2-c2cc(-n3c4ccccc4c4cc(-n5c6ccccc6c6ccccc65)ccc43)ccc2CO1. The minimum Gasteiger partial charge on any atom is -0.459 e. The van der Waals surface area contributed by atoms with Gasteiger partial charge in [-0.25, -0.2) is 0 Å². The molecule has 0 amide bonds. The van der Waals surface area contributed by atoms with Gasteiger partial charge in [0.05, 0.1) is 38.8 Å². The van der Waals surface area contributed by atoms with Gasteiger partial charge < -0.3 is 13.9 Å². The monoisotopic (exact) mass is 552 g/mol. The van der Waals surface area contributed by atoms with Crippen LogP contribution in [0.2, 0.25) is 0 Å². The lowest BCUT2D eigenvalue weighted by Crippen LogP contribution is -2.13. The molecule has 43 heavy (non-hydrogen) atoms.